The summed E-state index contributed by atoms with van der Waals surface area (Å²) in [5, 5.41) is 2.75. The average Bonchev–Trinajstić information content (AvgIpc) is 3.10. The van der Waals surface area contributed by atoms with Crippen molar-refractivity contribution < 1.29 is 23.5 Å². The number of anilines is 1. The van der Waals surface area contributed by atoms with Crippen LogP contribution in [0.15, 0.2) is 49.1 Å². The Labute approximate surface area is 189 Å². The minimum Gasteiger partial charge on any atom is -0.497 e. The number of hydrogen-bond acceptors (Lipinski definition) is 7. The van der Waals surface area contributed by atoms with Gasteiger partial charge in [-0.2, -0.15) is 0 Å². The number of hydrogen-bond donors (Lipinski definition) is 1. The molecule has 1 aliphatic carbocycles. The van der Waals surface area contributed by atoms with Crippen molar-refractivity contribution in [3.05, 3.63) is 66.0 Å². The molecule has 0 saturated heterocycles. The number of amides is 1. The van der Waals surface area contributed by atoms with E-state index in [-0.39, 0.29) is 23.7 Å². The van der Waals surface area contributed by atoms with E-state index >= 15 is 0 Å². The molecule has 2 aromatic heterocycles. The predicted molar refractivity (Wildman–Crippen MR) is 116 cm³/mol. The highest BCUT2D eigenvalue weighted by molar-refractivity contribution is 5.94. The highest BCUT2D eigenvalue weighted by Crippen LogP contribution is 2.47. The molecule has 8 nitrogen and oxygen atoms in total. The van der Waals surface area contributed by atoms with Gasteiger partial charge in [-0.1, -0.05) is 0 Å². The van der Waals surface area contributed by atoms with Crippen molar-refractivity contribution in [3.8, 4) is 16.9 Å². The van der Waals surface area contributed by atoms with Gasteiger partial charge in [-0.25, -0.2) is 19.2 Å². The van der Waals surface area contributed by atoms with E-state index in [1.54, 1.807) is 12.3 Å². The van der Waals surface area contributed by atoms with Crippen molar-refractivity contribution in [2.45, 2.75) is 31.3 Å². The standard InChI is InChI=1S/C24H21FN4O4/c1-32-18-9-15(8-17(25)10-18)16-11-27-23(28-12-16)29-21(30)14-2-5-24(6-3-14)20-4-7-26-13-19(20)22(31)33-24/h4,7-14H,2-3,5-6H2,1H3,(H,27,28,29,30). The fraction of sp³-hybridized carbons (Fsp3) is 0.292. The first-order chi connectivity index (χ1) is 16.0. The zero-order valence-corrected chi connectivity index (χ0v) is 17.9. The molecular weight excluding hydrogens is 427 g/mol. The van der Waals surface area contributed by atoms with Gasteiger partial charge in [0.1, 0.15) is 17.2 Å². The number of carbonyl (C=O) groups is 2. The maximum atomic E-state index is 13.8. The second kappa shape index (κ2) is 8.23. The summed E-state index contributed by atoms with van der Waals surface area (Å²) in [6.45, 7) is 0. The number of fused-ring (bicyclic) bond motifs is 2. The van der Waals surface area contributed by atoms with Gasteiger partial charge in [0.15, 0.2) is 0 Å². The number of pyridine rings is 1. The van der Waals surface area contributed by atoms with Crippen molar-refractivity contribution in [1.29, 1.82) is 0 Å². The first-order valence-corrected chi connectivity index (χ1v) is 10.6. The number of benzene rings is 1. The van der Waals surface area contributed by atoms with Crippen LogP contribution < -0.4 is 10.1 Å². The molecule has 0 bridgehead atoms. The number of ether oxygens (including phenoxy) is 2. The lowest BCUT2D eigenvalue weighted by Crippen LogP contribution is -2.36. The van der Waals surface area contributed by atoms with E-state index in [0.717, 1.165) is 5.56 Å². The van der Waals surface area contributed by atoms with Crippen LogP contribution >= 0.6 is 0 Å². The molecule has 168 valence electrons. The van der Waals surface area contributed by atoms with Crippen LogP contribution in [0.5, 0.6) is 5.75 Å². The van der Waals surface area contributed by atoms with E-state index in [0.29, 0.717) is 48.1 Å². The fourth-order valence-electron chi connectivity index (χ4n) is 4.56. The maximum Gasteiger partial charge on any atom is 0.341 e. The number of aromatic nitrogens is 3. The quantitative estimate of drug-likeness (QED) is 0.604. The van der Waals surface area contributed by atoms with Gasteiger partial charge in [0.25, 0.3) is 0 Å². The summed E-state index contributed by atoms with van der Waals surface area (Å²) in [5.41, 5.74) is 1.86. The number of carbonyl (C=O) groups excluding carboxylic acids is 2. The Kier molecular flexibility index (Phi) is 5.24. The molecule has 3 heterocycles. The third-order valence-corrected chi connectivity index (χ3v) is 6.31. The minimum atomic E-state index is -0.670. The van der Waals surface area contributed by atoms with Crippen molar-refractivity contribution >= 4 is 17.8 Å². The molecule has 9 heteroatoms. The molecule has 33 heavy (non-hydrogen) atoms. The van der Waals surface area contributed by atoms with Crippen LogP contribution in [0.1, 0.15) is 41.6 Å². The normalized spacial score (nSPS) is 21.4. The number of halogens is 1. The maximum absolute atomic E-state index is 13.8. The Bertz CT molecular complexity index is 1220. The number of methoxy groups -OCH3 is 1. The fourth-order valence-corrected chi connectivity index (χ4v) is 4.56. The topological polar surface area (TPSA) is 103 Å². The molecule has 0 unspecified atom stereocenters. The monoisotopic (exact) mass is 448 g/mol. The second-order valence-corrected chi connectivity index (χ2v) is 8.24. The van der Waals surface area contributed by atoms with Crippen LogP contribution in [0, 0.1) is 11.7 Å². The zero-order valence-electron chi connectivity index (χ0n) is 17.9. The van der Waals surface area contributed by atoms with E-state index < -0.39 is 11.4 Å². The summed E-state index contributed by atoms with van der Waals surface area (Å²) < 4.78 is 24.6. The smallest absolute Gasteiger partial charge is 0.341 e. The summed E-state index contributed by atoms with van der Waals surface area (Å²) in [7, 11) is 1.47. The summed E-state index contributed by atoms with van der Waals surface area (Å²) in [4.78, 5) is 37.4. The molecule has 1 amide bonds. The summed E-state index contributed by atoms with van der Waals surface area (Å²) >= 11 is 0. The van der Waals surface area contributed by atoms with Crippen LogP contribution in [0.2, 0.25) is 0 Å². The molecule has 5 rings (SSSR count). The number of rotatable bonds is 4. The Morgan fingerprint density at radius 1 is 1.15 bits per heavy atom. The van der Waals surface area contributed by atoms with E-state index in [1.165, 1.54) is 37.8 Å². The Hall–Kier alpha value is -3.88. The lowest BCUT2D eigenvalue weighted by molar-refractivity contribution is -0.122. The lowest BCUT2D eigenvalue weighted by atomic mass is 9.75. The van der Waals surface area contributed by atoms with Gasteiger partial charge in [0, 0.05) is 47.9 Å². The molecule has 1 N–H and O–H groups in total. The minimum absolute atomic E-state index is 0.177. The van der Waals surface area contributed by atoms with Gasteiger partial charge in [-0.05, 0) is 49.4 Å². The van der Waals surface area contributed by atoms with Crippen molar-refractivity contribution in [3.63, 3.8) is 0 Å². The highest BCUT2D eigenvalue weighted by Gasteiger charge is 2.48. The Balaban J connectivity index is 1.23. The van der Waals surface area contributed by atoms with Gasteiger partial charge >= 0.3 is 5.97 Å². The third-order valence-electron chi connectivity index (χ3n) is 6.31. The van der Waals surface area contributed by atoms with Gasteiger partial charge < -0.3 is 9.47 Å². The molecule has 3 aromatic rings. The van der Waals surface area contributed by atoms with E-state index in [9.17, 15) is 14.0 Å². The van der Waals surface area contributed by atoms with Crippen LogP contribution in [-0.4, -0.2) is 33.9 Å². The number of esters is 1. The van der Waals surface area contributed by atoms with Gasteiger partial charge in [-0.3, -0.25) is 15.1 Å². The van der Waals surface area contributed by atoms with E-state index in [2.05, 4.69) is 20.3 Å². The Morgan fingerprint density at radius 3 is 2.64 bits per heavy atom. The average molecular weight is 448 g/mol. The van der Waals surface area contributed by atoms with Crippen LogP contribution in [0.25, 0.3) is 11.1 Å². The van der Waals surface area contributed by atoms with Gasteiger partial charge in [0.2, 0.25) is 11.9 Å². The molecule has 1 aliphatic heterocycles. The molecule has 0 radical (unpaired) electrons. The van der Waals surface area contributed by atoms with Crippen molar-refractivity contribution in [2.24, 2.45) is 5.92 Å². The van der Waals surface area contributed by atoms with Crippen LogP contribution in [0.4, 0.5) is 10.3 Å². The predicted octanol–water partition coefficient (Wildman–Crippen LogP) is 3.88. The van der Waals surface area contributed by atoms with Gasteiger partial charge in [0.05, 0.1) is 12.7 Å². The Morgan fingerprint density at radius 2 is 1.91 bits per heavy atom. The van der Waals surface area contributed by atoms with Crippen molar-refractivity contribution in [2.75, 3.05) is 12.4 Å². The van der Waals surface area contributed by atoms with Crippen molar-refractivity contribution in [1.82, 2.24) is 15.0 Å². The van der Waals surface area contributed by atoms with Crippen LogP contribution in [0.3, 0.4) is 0 Å². The summed E-state index contributed by atoms with van der Waals surface area (Å²) in [6.07, 6.45) is 8.51. The van der Waals surface area contributed by atoms with Crippen LogP contribution in [-0.2, 0) is 15.1 Å². The first kappa shape index (κ1) is 21.0. The molecule has 2 aliphatic rings. The molecule has 0 atom stereocenters. The first-order valence-electron chi connectivity index (χ1n) is 10.6. The molecule has 1 aromatic carbocycles. The largest absolute Gasteiger partial charge is 0.497 e. The number of nitrogens with zero attached hydrogens (tertiary/aromatic N) is 3. The molecule has 1 saturated carbocycles. The van der Waals surface area contributed by atoms with E-state index in [4.69, 9.17) is 9.47 Å². The van der Waals surface area contributed by atoms with Gasteiger partial charge in [-0.15, -0.1) is 0 Å². The summed E-state index contributed by atoms with van der Waals surface area (Å²) in [6, 6.07) is 6.16. The second-order valence-electron chi connectivity index (χ2n) is 8.24. The molecular formula is C24H21FN4O4. The highest BCUT2D eigenvalue weighted by atomic mass is 19.1. The molecule has 1 spiro atoms. The SMILES string of the molecule is COc1cc(F)cc(-c2cnc(NC(=O)C3CCC4(CC3)OC(=O)c3cnccc34)nc2)c1. The zero-order chi connectivity index (χ0) is 23.0. The lowest BCUT2D eigenvalue weighted by Gasteiger charge is -2.35. The number of nitrogens with one attached hydrogen (secondary N) is 1. The molecule has 1 fully saturated rings. The van der Waals surface area contributed by atoms with E-state index in [1.807, 2.05) is 6.07 Å². The third kappa shape index (κ3) is 3.90. The summed E-state index contributed by atoms with van der Waals surface area (Å²) in [5.74, 6) is -0.630.